The van der Waals surface area contributed by atoms with Gasteiger partial charge in [-0.25, -0.2) is 0 Å². The number of thioether (sulfide) groups is 1. The molecule has 1 saturated heterocycles. The topological polar surface area (TPSA) is 20.2 Å². The average Bonchev–Trinajstić information content (AvgIpc) is 1.90. The van der Waals surface area contributed by atoms with Crippen LogP contribution in [-0.4, -0.2) is 22.7 Å². The largest absolute Gasteiger partial charge is 0.393 e. The predicted molar refractivity (Wildman–Crippen MR) is 41.4 cm³/mol. The van der Waals surface area contributed by atoms with Crippen LogP contribution in [0.3, 0.4) is 0 Å². The van der Waals surface area contributed by atoms with E-state index in [9.17, 15) is 0 Å². The van der Waals surface area contributed by atoms with E-state index >= 15 is 0 Å². The Morgan fingerprint density at radius 3 is 2.33 bits per heavy atom. The van der Waals surface area contributed by atoms with Crippen LogP contribution in [0.15, 0.2) is 0 Å². The van der Waals surface area contributed by atoms with Gasteiger partial charge in [0, 0.05) is 0 Å². The minimum absolute atomic E-state index is 0.328. The van der Waals surface area contributed by atoms with E-state index in [4.69, 9.17) is 5.11 Å². The molecule has 1 N–H and O–H groups in total. The Morgan fingerprint density at radius 1 is 1.44 bits per heavy atom. The van der Waals surface area contributed by atoms with E-state index in [-0.39, 0.29) is 6.10 Å². The highest BCUT2D eigenvalue weighted by Crippen LogP contribution is 2.24. The SMILES string of the molecule is [CH2]C(O)C1CCSCC1. The lowest BCUT2D eigenvalue weighted by Crippen LogP contribution is -2.21. The molecule has 0 aromatic carbocycles. The number of aliphatic hydroxyl groups excluding tert-OH is 1. The summed E-state index contributed by atoms with van der Waals surface area (Å²) in [6.45, 7) is 3.61. The molecule has 1 fully saturated rings. The van der Waals surface area contributed by atoms with Crippen LogP contribution in [0.2, 0.25) is 0 Å². The molecular formula is C7H13OS. The van der Waals surface area contributed by atoms with Gasteiger partial charge in [-0.3, -0.25) is 0 Å². The van der Waals surface area contributed by atoms with Gasteiger partial charge in [0.15, 0.2) is 0 Å². The number of aliphatic hydroxyl groups is 1. The molecule has 1 aliphatic heterocycles. The molecule has 0 amide bonds. The predicted octanol–water partition coefficient (Wildman–Crippen LogP) is 1.32. The summed E-state index contributed by atoms with van der Waals surface area (Å²) in [6.07, 6.45) is 1.97. The third-order valence-corrected chi connectivity index (χ3v) is 2.86. The highest BCUT2D eigenvalue weighted by atomic mass is 32.2. The average molecular weight is 145 g/mol. The Balaban J connectivity index is 2.23. The van der Waals surface area contributed by atoms with Crippen molar-refractivity contribution >= 4 is 11.8 Å². The summed E-state index contributed by atoms with van der Waals surface area (Å²) >= 11 is 1.98. The van der Waals surface area contributed by atoms with Gasteiger partial charge in [-0.05, 0) is 37.2 Å². The number of hydrogen-bond acceptors (Lipinski definition) is 2. The maximum absolute atomic E-state index is 9.06. The monoisotopic (exact) mass is 145 g/mol. The third kappa shape index (κ3) is 2.18. The molecule has 0 aliphatic carbocycles. The molecule has 1 heterocycles. The summed E-state index contributed by atoms with van der Waals surface area (Å²) < 4.78 is 0. The standard InChI is InChI=1S/C7H13OS/c1-6(8)7-2-4-9-5-3-7/h6-8H,1-5H2. The van der Waals surface area contributed by atoms with Crippen LogP contribution < -0.4 is 0 Å². The normalized spacial score (nSPS) is 26.0. The minimum atomic E-state index is -0.328. The summed E-state index contributed by atoms with van der Waals surface area (Å²) in [4.78, 5) is 0. The fourth-order valence-electron chi connectivity index (χ4n) is 1.10. The van der Waals surface area contributed by atoms with Crippen LogP contribution in [0.5, 0.6) is 0 Å². The molecule has 1 rings (SSSR count). The first-order valence-electron chi connectivity index (χ1n) is 3.39. The van der Waals surface area contributed by atoms with E-state index < -0.39 is 0 Å². The molecule has 0 saturated carbocycles. The van der Waals surface area contributed by atoms with E-state index in [1.165, 1.54) is 11.5 Å². The van der Waals surface area contributed by atoms with Crippen molar-refractivity contribution in [3.05, 3.63) is 6.92 Å². The maximum Gasteiger partial charge on any atom is 0.0569 e. The number of hydrogen-bond donors (Lipinski definition) is 1. The minimum Gasteiger partial charge on any atom is -0.393 e. The molecule has 1 unspecified atom stereocenters. The second-order valence-electron chi connectivity index (χ2n) is 2.52. The summed E-state index contributed by atoms with van der Waals surface area (Å²) in [5.41, 5.74) is 0. The molecule has 1 aliphatic rings. The lowest BCUT2D eigenvalue weighted by molar-refractivity contribution is 0.144. The molecule has 0 aromatic rings. The van der Waals surface area contributed by atoms with E-state index in [0.717, 1.165) is 12.8 Å². The Morgan fingerprint density at radius 2 is 2.00 bits per heavy atom. The zero-order valence-electron chi connectivity index (χ0n) is 5.55. The second-order valence-corrected chi connectivity index (χ2v) is 3.74. The highest BCUT2D eigenvalue weighted by Gasteiger charge is 2.17. The van der Waals surface area contributed by atoms with Crippen molar-refractivity contribution in [3.63, 3.8) is 0 Å². The van der Waals surface area contributed by atoms with Crippen molar-refractivity contribution in [1.29, 1.82) is 0 Å². The van der Waals surface area contributed by atoms with Crippen molar-refractivity contribution in [3.8, 4) is 0 Å². The van der Waals surface area contributed by atoms with Crippen LogP contribution in [0.25, 0.3) is 0 Å². The first-order valence-corrected chi connectivity index (χ1v) is 4.55. The fourth-order valence-corrected chi connectivity index (χ4v) is 2.24. The maximum atomic E-state index is 9.06. The van der Waals surface area contributed by atoms with Crippen LogP contribution in [0.4, 0.5) is 0 Å². The summed E-state index contributed by atoms with van der Waals surface area (Å²) in [5, 5.41) is 9.06. The van der Waals surface area contributed by atoms with Crippen molar-refractivity contribution in [2.75, 3.05) is 11.5 Å². The smallest absolute Gasteiger partial charge is 0.0569 e. The summed E-state index contributed by atoms with van der Waals surface area (Å²) in [6, 6.07) is 0. The first kappa shape index (κ1) is 7.42. The van der Waals surface area contributed by atoms with E-state index in [1.807, 2.05) is 11.8 Å². The van der Waals surface area contributed by atoms with E-state index in [0.29, 0.717) is 5.92 Å². The zero-order valence-corrected chi connectivity index (χ0v) is 6.36. The first-order chi connectivity index (χ1) is 4.30. The van der Waals surface area contributed by atoms with Gasteiger partial charge < -0.3 is 5.11 Å². The van der Waals surface area contributed by atoms with Crippen LogP contribution in [0, 0.1) is 12.8 Å². The van der Waals surface area contributed by atoms with Crippen molar-refractivity contribution in [2.24, 2.45) is 5.92 Å². The Bertz CT molecular complexity index is 77.0. The number of rotatable bonds is 1. The molecule has 0 aromatic heterocycles. The molecule has 9 heavy (non-hydrogen) atoms. The fraction of sp³-hybridized carbons (Fsp3) is 0.857. The molecule has 2 heteroatoms. The highest BCUT2D eigenvalue weighted by molar-refractivity contribution is 7.99. The molecule has 1 atom stereocenters. The van der Waals surface area contributed by atoms with Gasteiger partial charge in [-0.1, -0.05) is 0 Å². The lowest BCUT2D eigenvalue weighted by Gasteiger charge is -2.23. The zero-order chi connectivity index (χ0) is 6.69. The molecule has 0 bridgehead atoms. The molecule has 53 valence electrons. The summed E-state index contributed by atoms with van der Waals surface area (Å²) in [5.74, 6) is 2.89. The summed E-state index contributed by atoms with van der Waals surface area (Å²) in [7, 11) is 0. The van der Waals surface area contributed by atoms with Gasteiger partial charge >= 0.3 is 0 Å². The second kappa shape index (κ2) is 3.47. The van der Waals surface area contributed by atoms with Crippen molar-refractivity contribution in [2.45, 2.75) is 18.9 Å². The van der Waals surface area contributed by atoms with Crippen LogP contribution in [-0.2, 0) is 0 Å². The van der Waals surface area contributed by atoms with Crippen molar-refractivity contribution < 1.29 is 5.11 Å². The van der Waals surface area contributed by atoms with Gasteiger partial charge in [0.2, 0.25) is 0 Å². The lowest BCUT2D eigenvalue weighted by atomic mass is 9.97. The molecule has 1 radical (unpaired) electrons. The van der Waals surface area contributed by atoms with Gasteiger partial charge in [0.1, 0.15) is 0 Å². The van der Waals surface area contributed by atoms with E-state index in [1.54, 1.807) is 0 Å². The Hall–Kier alpha value is 0.310. The van der Waals surface area contributed by atoms with Gasteiger partial charge in [0.05, 0.1) is 6.10 Å². The van der Waals surface area contributed by atoms with Crippen molar-refractivity contribution in [1.82, 2.24) is 0 Å². The van der Waals surface area contributed by atoms with Gasteiger partial charge in [-0.2, -0.15) is 11.8 Å². The Labute approximate surface area is 60.8 Å². The van der Waals surface area contributed by atoms with Gasteiger partial charge in [0.25, 0.3) is 0 Å². The molecule has 0 spiro atoms. The quantitative estimate of drug-likeness (QED) is 0.600. The Kier molecular flexibility index (Phi) is 2.86. The van der Waals surface area contributed by atoms with Crippen LogP contribution in [0.1, 0.15) is 12.8 Å². The third-order valence-electron chi connectivity index (χ3n) is 1.81. The molecular weight excluding hydrogens is 132 g/mol. The van der Waals surface area contributed by atoms with Gasteiger partial charge in [-0.15, -0.1) is 0 Å². The van der Waals surface area contributed by atoms with Crippen LogP contribution >= 0.6 is 11.8 Å². The van der Waals surface area contributed by atoms with E-state index in [2.05, 4.69) is 6.92 Å². The molecule has 1 nitrogen and oxygen atoms in total.